The summed E-state index contributed by atoms with van der Waals surface area (Å²) in [5, 5.41) is 10.1. The predicted molar refractivity (Wildman–Crippen MR) is 107 cm³/mol. The lowest BCUT2D eigenvalue weighted by Gasteiger charge is -2.59. The Morgan fingerprint density at radius 3 is 2.85 bits per heavy atom. The fourth-order valence-corrected chi connectivity index (χ4v) is 6.15. The van der Waals surface area contributed by atoms with Crippen LogP contribution in [0.15, 0.2) is 48.5 Å². The molecule has 3 nitrogen and oxygen atoms in total. The summed E-state index contributed by atoms with van der Waals surface area (Å²) in [6.45, 7) is 2.90. The summed E-state index contributed by atoms with van der Waals surface area (Å²) in [6, 6.07) is 16.9. The van der Waals surface area contributed by atoms with Gasteiger partial charge in [-0.3, -0.25) is 4.90 Å². The van der Waals surface area contributed by atoms with Crippen molar-refractivity contribution in [3.05, 3.63) is 59.7 Å². The molecule has 1 saturated heterocycles. The van der Waals surface area contributed by atoms with Gasteiger partial charge in [0.2, 0.25) is 0 Å². The van der Waals surface area contributed by atoms with Crippen molar-refractivity contribution in [2.45, 2.75) is 50.0 Å². The minimum absolute atomic E-state index is 0.298. The van der Waals surface area contributed by atoms with Crippen LogP contribution < -0.4 is 4.74 Å². The number of hydrogen-bond donors (Lipinski definition) is 1. The molecule has 0 aromatic heterocycles. The van der Waals surface area contributed by atoms with Gasteiger partial charge in [0, 0.05) is 18.0 Å². The molecule has 2 aromatic carbocycles. The Balaban J connectivity index is 1.37. The second-order valence-corrected chi connectivity index (χ2v) is 8.57. The van der Waals surface area contributed by atoms with Gasteiger partial charge >= 0.3 is 0 Å². The lowest BCUT2D eigenvalue weighted by molar-refractivity contribution is -0.0162. The van der Waals surface area contributed by atoms with E-state index in [0.717, 1.165) is 37.8 Å². The highest BCUT2D eigenvalue weighted by molar-refractivity contribution is 5.45. The fraction of sp³-hybridized carbons (Fsp3) is 0.500. The van der Waals surface area contributed by atoms with Gasteiger partial charge in [-0.25, -0.2) is 0 Å². The van der Waals surface area contributed by atoms with Gasteiger partial charge in [0.25, 0.3) is 0 Å². The molecule has 0 radical (unpaired) electrons. The van der Waals surface area contributed by atoms with Gasteiger partial charge in [-0.15, -0.1) is 0 Å². The maximum atomic E-state index is 10.1. The molecule has 3 aliphatic rings. The third-order valence-corrected chi connectivity index (χ3v) is 7.33. The molecule has 1 heterocycles. The average Bonchev–Trinajstić information content (AvgIpc) is 2.71. The molecule has 2 aromatic rings. The van der Waals surface area contributed by atoms with Crippen molar-refractivity contribution < 1.29 is 9.84 Å². The minimum Gasteiger partial charge on any atom is -0.508 e. The number of aromatic hydroxyl groups is 1. The molecule has 3 heteroatoms. The Labute approximate surface area is 162 Å². The molecular weight excluding hydrogens is 334 g/mol. The molecule has 5 rings (SSSR count). The van der Waals surface area contributed by atoms with E-state index in [1.54, 1.807) is 0 Å². The molecule has 1 aliphatic heterocycles. The van der Waals surface area contributed by atoms with E-state index in [0.29, 0.717) is 17.2 Å². The Bertz CT molecular complexity index is 805. The SMILES string of the molecule is Oc1ccc2c(c1)[C@]13CCCC[C@H]1[C@H](C2)N(CCOc1ccccc1)CC3. The van der Waals surface area contributed by atoms with Crippen LogP contribution in [0.2, 0.25) is 0 Å². The summed E-state index contributed by atoms with van der Waals surface area (Å²) in [6.07, 6.45) is 7.64. The van der Waals surface area contributed by atoms with E-state index in [1.165, 1.54) is 43.2 Å². The van der Waals surface area contributed by atoms with Crippen LogP contribution in [-0.4, -0.2) is 35.7 Å². The molecule has 142 valence electrons. The zero-order valence-corrected chi connectivity index (χ0v) is 15.9. The third-order valence-electron chi connectivity index (χ3n) is 7.33. The van der Waals surface area contributed by atoms with Crippen LogP contribution in [0.5, 0.6) is 11.5 Å². The molecular formula is C24H29NO2. The van der Waals surface area contributed by atoms with E-state index in [9.17, 15) is 5.11 Å². The van der Waals surface area contributed by atoms with Gasteiger partial charge in [0.15, 0.2) is 0 Å². The lowest BCUT2D eigenvalue weighted by Crippen LogP contribution is -2.61. The maximum absolute atomic E-state index is 10.1. The van der Waals surface area contributed by atoms with Crippen LogP contribution >= 0.6 is 0 Å². The smallest absolute Gasteiger partial charge is 0.119 e. The second kappa shape index (κ2) is 6.87. The molecule has 3 atom stereocenters. The van der Waals surface area contributed by atoms with E-state index < -0.39 is 0 Å². The molecule has 2 fully saturated rings. The average molecular weight is 364 g/mol. The number of likely N-dealkylation sites (tertiary alicyclic amines) is 1. The first-order valence-corrected chi connectivity index (χ1v) is 10.5. The number of phenolic OH excluding ortho intramolecular Hbond substituents is 1. The largest absolute Gasteiger partial charge is 0.508 e. The molecule has 0 spiro atoms. The summed E-state index contributed by atoms with van der Waals surface area (Å²) in [5.74, 6) is 2.13. The zero-order valence-electron chi connectivity index (χ0n) is 15.9. The maximum Gasteiger partial charge on any atom is 0.119 e. The quantitative estimate of drug-likeness (QED) is 0.866. The summed E-state index contributed by atoms with van der Waals surface area (Å²) in [5.41, 5.74) is 3.22. The Kier molecular flexibility index (Phi) is 4.35. The van der Waals surface area contributed by atoms with Crippen molar-refractivity contribution in [2.24, 2.45) is 5.92 Å². The number of nitrogens with zero attached hydrogens (tertiary/aromatic N) is 1. The van der Waals surface area contributed by atoms with Gasteiger partial charge in [0.1, 0.15) is 18.1 Å². The zero-order chi connectivity index (χ0) is 18.3. The van der Waals surface area contributed by atoms with E-state index >= 15 is 0 Å². The topological polar surface area (TPSA) is 32.7 Å². The number of phenols is 1. The number of rotatable bonds is 4. The van der Waals surface area contributed by atoms with Gasteiger partial charge < -0.3 is 9.84 Å². The van der Waals surface area contributed by atoms with E-state index in [4.69, 9.17) is 4.74 Å². The van der Waals surface area contributed by atoms with Crippen LogP contribution in [0.4, 0.5) is 0 Å². The number of piperidine rings is 1. The van der Waals surface area contributed by atoms with Crippen LogP contribution in [-0.2, 0) is 11.8 Å². The van der Waals surface area contributed by atoms with E-state index in [1.807, 2.05) is 36.4 Å². The number of benzene rings is 2. The predicted octanol–water partition coefficient (Wildman–Crippen LogP) is 4.53. The Hall–Kier alpha value is -2.00. The van der Waals surface area contributed by atoms with Gasteiger partial charge in [-0.2, -0.15) is 0 Å². The number of fused-ring (bicyclic) bond motifs is 1. The highest BCUT2D eigenvalue weighted by Crippen LogP contribution is 2.56. The second-order valence-electron chi connectivity index (χ2n) is 8.57. The van der Waals surface area contributed by atoms with Crippen LogP contribution in [0, 0.1) is 5.92 Å². The van der Waals surface area contributed by atoms with Gasteiger partial charge in [-0.05, 0) is 73.5 Å². The molecule has 0 amide bonds. The van der Waals surface area contributed by atoms with Gasteiger partial charge in [-0.1, -0.05) is 37.1 Å². The molecule has 2 aliphatic carbocycles. The van der Waals surface area contributed by atoms with Gasteiger partial charge in [0.05, 0.1) is 0 Å². The van der Waals surface area contributed by atoms with Crippen LogP contribution in [0.3, 0.4) is 0 Å². The van der Waals surface area contributed by atoms with Crippen molar-refractivity contribution in [2.75, 3.05) is 19.7 Å². The van der Waals surface area contributed by atoms with Crippen molar-refractivity contribution in [1.82, 2.24) is 4.90 Å². The lowest BCUT2D eigenvalue weighted by atomic mass is 9.52. The van der Waals surface area contributed by atoms with Crippen LogP contribution in [0.25, 0.3) is 0 Å². The van der Waals surface area contributed by atoms with E-state index in [-0.39, 0.29) is 0 Å². The molecule has 2 bridgehead atoms. The Morgan fingerprint density at radius 2 is 1.96 bits per heavy atom. The van der Waals surface area contributed by atoms with Crippen molar-refractivity contribution >= 4 is 0 Å². The molecule has 1 saturated carbocycles. The summed E-state index contributed by atoms with van der Waals surface area (Å²) >= 11 is 0. The summed E-state index contributed by atoms with van der Waals surface area (Å²) in [4.78, 5) is 2.69. The summed E-state index contributed by atoms with van der Waals surface area (Å²) < 4.78 is 5.99. The van der Waals surface area contributed by atoms with Crippen LogP contribution in [0.1, 0.15) is 43.2 Å². The Morgan fingerprint density at radius 1 is 1.07 bits per heavy atom. The third kappa shape index (κ3) is 2.93. The minimum atomic E-state index is 0.298. The highest BCUT2D eigenvalue weighted by Gasteiger charge is 2.53. The first kappa shape index (κ1) is 17.1. The fourth-order valence-electron chi connectivity index (χ4n) is 6.15. The first-order valence-electron chi connectivity index (χ1n) is 10.5. The molecule has 0 unspecified atom stereocenters. The van der Waals surface area contributed by atoms with Crippen molar-refractivity contribution in [1.29, 1.82) is 0 Å². The number of para-hydroxylation sites is 1. The normalized spacial score (nSPS) is 29.6. The first-order chi connectivity index (χ1) is 13.3. The van der Waals surface area contributed by atoms with E-state index in [2.05, 4.69) is 17.0 Å². The number of hydrogen-bond acceptors (Lipinski definition) is 3. The van der Waals surface area contributed by atoms with Crippen molar-refractivity contribution in [3.63, 3.8) is 0 Å². The number of ether oxygens (including phenoxy) is 1. The standard InChI is InChI=1S/C24H29NO2/c26-19-10-9-18-16-23-21-8-4-5-11-24(21,22(18)17-19)12-13-25(23)14-15-27-20-6-2-1-3-7-20/h1-3,6-7,9-10,17,21,23,26H,4-5,8,11-16H2/t21-,23-,24-/m0/s1. The molecule has 1 N–H and O–H groups in total. The molecule has 27 heavy (non-hydrogen) atoms. The summed E-state index contributed by atoms with van der Waals surface area (Å²) in [7, 11) is 0. The monoisotopic (exact) mass is 363 g/mol. The van der Waals surface area contributed by atoms with Crippen molar-refractivity contribution in [3.8, 4) is 11.5 Å². The highest BCUT2D eigenvalue weighted by atomic mass is 16.5.